The number of carbonyl (C=O) groups is 2. The van der Waals surface area contributed by atoms with Crippen LogP contribution >= 0.6 is 11.6 Å². The Kier molecular flexibility index (Phi) is 4.41. The lowest BCUT2D eigenvalue weighted by Crippen LogP contribution is -2.38. The number of methoxy groups -OCH3 is 2. The Morgan fingerprint density at radius 2 is 2.00 bits per heavy atom. The summed E-state index contributed by atoms with van der Waals surface area (Å²) in [6.07, 6.45) is 1.29. The summed E-state index contributed by atoms with van der Waals surface area (Å²) < 4.78 is 20.2. The van der Waals surface area contributed by atoms with Gasteiger partial charge in [-0.1, -0.05) is 11.6 Å². The molecule has 0 spiro atoms. The van der Waals surface area contributed by atoms with Gasteiger partial charge in [-0.2, -0.15) is 0 Å². The molecule has 0 radical (unpaired) electrons. The van der Waals surface area contributed by atoms with E-state index >= 15 is 0 Å². The number of hydrogen-bond donors (Lipinski definition) is 0. The molecule has 1 aromatic heterocycles. The van der Waals surface area contributed by atoms with Gasteiger partial charge in [-0.05, 0) is 6.07 Å². The predicted molar refractivity (Wildman–Crippen MR) is 83.4 cm³/mol. The minimum absolute atomic E-state index is 0.00426. The van der Waals surface area contributed by atoms with Crippen molar-refractivity contribution in [2.24, 2.45) is 0 Å². The van der Waals surface area contributed by atoms with Crippen LogP contribution in [0.3, 0.4) is 0 Å². The monoisotopic (exact) mass is 352 g/mol. The van der Waals surface area contributed by atoms with Gasteiger partial charge in [0, 0.05) is 6.07 Å². The molecule has 9 heteroatoms. The molecule has 0 bridgehead atoms. The molecule has 0 atom stereocenters. The van der Waals surface area contributed by atoms with Crippen molar-refractivity contribution in [3.63, 3.8) is 0 Å². The Morgan fingerprint density at radius 3 is 2.71 bits per heavy atom. The average molecular weight is 353 g/mol. The highest BCUT2D eigenvalue weighted by atomic mass is 35.5. The SMILES string of the molecule is COC(=O)C1=C(C(=O)OC)N(c2cc3ocnc3cc2Cl)COC1. The van der Waals surface area contributed by atoms with E-state index in [4.69, 9.17) is 30.2 Å². The quantitative estimate of drug-likeness (QED) is 0.773. The van der Waals surface area contributed by atoms with Gasteiger partial charge < -0.3 is 23.5 Å². The second kappa shape index (κ2) is 6.50. The van der Waals surface area contributed by atoms with Crippen molar-refractivity contribution < 1.29 is 28.2 Å². The van der Waals surface area contributed by atoms with Crippen molar-refractivity contribution in [1.82, 2.24) is 4.98 Å². The lowest BCUT2D eigenvalue weighted by molar-refractivity contribution is -0.140. The number of fused-ring (bicyclic) bond motifs is 1. The number of oxazole rings is 1. The molecular formula is C15H13ClN2O6. The van der Waals surface area contributed by atoms with E-state index in [2.05, 4.69) is 4.98 Å². The van der Waals surface area contributed by atoms with E-state index in [1.54, 1.807) is 12.1 Å². The van der Waals surface area contributed by atoms with Crippen LogP contribution in [-0.2, 0) is 23.8 Å². The minimum Gasteiger partial charge on any atom is -0.466 e. The summed E-state index contributed by atoms with van der Waals surface area (Å²) in [5.41, 5.74) is 1.52. The zero-order valence-corrected chi connectivity index (χ0v) is 13.6. The number of anilines is 1. The van der Waals surface area contributed by atoms with Crippen molar-refractivity contribution in [3.05, 3.63) is 34.8 Å². The second-order valence-electron chi connectivity index (χ2n) is 4.84. The van der Waals surface area contributed by atoms with Gasteiger partial charge in [-0.25, -0.2) is 14.6 Å². The molecule has 1 aliphatic heterocycles. The van der Waals surface area contributed by atoms with Crippen molar-refractivity contribution in [2.45, 2.75) is 0 Å². The molecule has 0 saturated heterocycles. The van der Waals surface area contributed by atoms with Gasteiger partial charge in [0.1, 0.15) is 17.9 Å². The fraction of sp³-hybridized carbons (Fsp3) is 0.267. The van der Waals surface area contributed by atoms with Gasteiger partial charge in [0.15, 0.2) is 12.0 Å². The predicted octanol–water partition coefficient (Wildman–Crippen LogP) is 1.88. The summed E-state index contributed by atoms with van der Waals surface area (Å²) in [7, 11) is 2.44. The zero-order valence-electron chi connectivity index (χ0n) is 12.9. The largest absolute Gasteiger partial charge is 0.466 e. The highest BCUT2D eigenvalue weighted by Crippen LogP contribution is 2.35. The average Bonchev–Trinajstić information content (AvgIpc) is 3.06. The molecule has 1 aliphatic rings. The molecule has 3 rings (SSSR count). The first kappa shape index (κ1) is 16.3. The van der Waals surface area contributed by atoms with Crippen LogP contribution in [0.25, 0.3) is 11.1 Å². The number of benzene rings is 1. The maximum absolute atomic E-state index is 12.2. The van der Waals surface area contributed by atoms with Crippen LogP contribution in [0.1, 0.15) is 0 Å². The van der Waals surface area contributed by atoms with Crippen molar-refractivity contribution in [3.8, 4) is 0 Å². The molecule has 2 heterocycles. The van der Waals surface area contributed by atoms with Crippen LogP contribution < -0.4 is 4.90 Å². The first-order chi connectivity index (χ1) is 11.6. The van der Waals surface area contributed by atoms with Gasteiger partial charge in [-0.3, -0.25) is 0 Å². The molecule has 0 saturated carbocycles. The van der Waals surface area contributed by atoms with Crippen LogP contribution in [0, 0.1) is 0 Å². The number of halogens is 1. The van der Waals surface area contributed by atoms with Gasteiger partial charge in [0.2, 0.25) is 0 Å². The first-order valence-electron chi connectivity index (χ1n) is 6.84. The number of rotatable bonds is 3. The summed E-state index contributed by atoms with van der Waals surface area (Å²) in [5.74, 6) is -1.38. The molecule has 24 heavy (non-hydrogen) atoms. The third kappa shape index (κ3) is 2.70. The normalized spacial score (nSPS) is 14.9. The Balaban J connectivity index is 2.17. The fourth-order valence-electron chi connectivity index (χ4n) is 2.41. The van der Waals surface area contributed by atoms with Gasteiger partial charge in [-0.15, -0.1) is 0 Å². The van der Waals surface area contributed by atoms with Crippen molar-refractivity contribution in [2.75, 3.05) is 32.5 Å². The smallest absolute Gasteiger partial charge is 0.355 e. The van der Waals surface area contributed by atoms with E-state index in [-0.39, 0.29) is 24.6 Å². The van der Waals surface area contributed by atoms with Crippen molar-refractivity contribution in [1.29, 1.82) is 0 Å². The molecule has 8 nitrogen and oxygen atoms in total. The summed E-state index contributed by atoms with van der Waals surface area (Å²) in [6.45, 7) is -0.0694. The van der Waals surface area contributed by atoms with Gasteiger partial charge in [0.25, 0.3) is 0 Å². The Morgan fingerprint density at radius 1 is 1.25 bits per heavy atom. The maximum atomic E-state index is 12.2. The third-order valence-corrected chi connectivity index (χ3v) is 3.83. The second-order valence-corrected chi connectivity index (χ2v) is 5.25. The van der Waals surface area contributed by atoms with Crippen LogP contribution in [-0.4, -0.2) is 44.5 Å². The van der Waals surface area contributed by atoms with Gasteiger partial charge >= 0.3 is 11.9 Å². The molecule has 0 fully saturated rings. The van der Waals surface area contributed by atoms with Crippen molar-refractivity contribution >= 4 is 40.3 Å². The summed E-state index contributed by atoms with van der Waals surface area (Å²) in [5, 5.41) is 0.313. The number of carbonyl (C=O) groups excluding carboxylic acids is 2. The van der Waals surface area contributed by atoms with Gasteiger partial charge in [0.05, 0.1) is 37.1 Å². The Bertz CT molecular complexity index is 844. The lowest BCUT2D eigenvalue weighted by atomic mass is 10.1. The van der Waals surface area contributed by atoms with E-state index in [9.17, 15) is 9.59 Å². The topological polar surface area (TPSA) is 91.1 Å². The molecular weight excluding hydrogens is 340 g/mol. The highest BCUT2D eigenvalue weighted by Gasteiger charge is 2.33. The molecule has 2 aromatic rings. The summed E-state index contributed by atoms with van der Waals surface area (Å²) >= 11 is 6.30. The fourth-order valence-corrected chi connectivity index (χ4v) is 2.67. The number of aromatic nitrogens is 1. The Labute approximate surface area is 141 Å². The molecule has 1 aromatic carbocycles. The number of hydrogen-bond acceptors (Lipinski definition) is 8. The first-order valence-corrected chi connectivity index (χ1v) is 7.22. The number of nitrogens with zero attached hydrogens (tertiary/aromatic N) is 2. The van der Waals surface area contributed by atoms with Crippen LogP contribution in [0.5, 0.6) is 0 Å². The minimum atomic E-state index is -0.701. The number of ether oxygens (including phenoxy) is 3. The Hall–Kier alpha value is -2.58. The third-order valence-electron chi connectivity index (χ3n) is 3.52. The molecule has 0 N–H and O–H groups in total. The standard InChI is InChI=1S/C15H13ClN2O6/c1-21-14(19)8-5-23-7-18(13(8)15(20)22-2)11-4-12-10(3-9(11)16)17-6-24-12/h3-4,6H,5,7H2,1-2H3. The van der Waals surface area contributed by atoms with E-state index in [0.717, 1.165) is 0 Å². The molecule has 0 amide bonds. The van der Waals surface area contributed by atoms with Crippen LogP contribution in [0.2, 0.25) is 5.02 Å². The zero-order chi connectivity index (χ0) is 17.3. The van der Waals surface area contributed by atoms with Crippen LogP contribution in [0.4, 0.5) is 5.69 Å². The summed E-state index contributed by atoms with van der Waals surface area (Å²) in [4.78, 5) is 29.7. The van der Waals surface area contributed by atoms with E-state index < -0.39 is 11.9 Å². The lowest BCUT2D eigenvalue weighted by Gasteiger charge is -2.31. The summed E-state index contributed by atoms with van der Waals surface area (Å²) in [6, 6.07) is 3.20. The van der Waals surface area contributed by atoms with E-state index in [1.165, 1.54) is 25.5 Å². The van der Waals surface area contributed by atoms with E-state index in [0.29, 0.717) is 21.8 Å². The maximum Gasteiger partial charge on any atom is 0.355 e. The van der Waals surface area contributed by atoms with E-state index in [1.807, 2.05) is 0 Å². The highest BCUT2D eigenvalue weighted by molar-refractivity contribution is 6.34. The number of esters is 2. The molecule has 0 unspecified atom stereocenters. The van der Waals surface area contributed by atoms with Crippen LogP contribution in [0.15, 0.2) is 34.2 Å². The molecule has 0 aliphatic carbocycles. The molecule has 126 valence electrons.